The number of likely N-dealkylation sites (tertiary alicyclic amines) is 1. The third-order valence-electron chi connectivity index (χ3n) is 3.93. The van der Waals surface area contributed by atoms with Crippen molar-refractivity contribution in [2.24, 2.45) is 0 Å². The largest absolute Gasteiger partial charge is 0.468 e. The molecule has 3 rings (SSSR count). The number of piperazine rings is 1. The molecule has 0 spiro atoms. The molecule has 1 aromatic rings. The summed E-state index contributed by atoms with van der Waals surface area (Å²) in [5.41, 5.74) is 0. The summed E-state index contributed by atoms with van der Waals surface area (Å²) >= 11 is 0. The van der Waals surface area contributed by atoms with Crippen LogP contribution in [0.2, 0.25) is 0 Å². The minimum Gasteiger partial charge on any atom is -0.468 e. The van der Waals surface area contributed by atoms with Crippen LogP contribution < -0.4 is 5.32 Å². The van der Waals surface area contributed by atoms with Crippen molar-refractivity contribution in [2.75, 3.05) is 32.7 Å². The monoisotopic (exact) mass is 299 g/mol. The van der Waals surface area contributed by atoms with Crippen LogP contribution in [0, 0.1) is 0 Å². The lowest BCUT2D eigenvalue weighted by molar-refractivity contribution is -0.133. The molecular weight excluding hydrogens is 278 g/mol. The van der Waals surface area contributed by atoms with Crippen molar-refractivity contribution in [3.63, 3.8) is 0 Å². The molecule has 20 heavy (non-hydrogen) atoms. The van der Waals surface area contributed by atoms with E-state index in [9.17, 15) is 4.79 Å². The Morgan fingerprint density at radius 2 is 2.15 bits per heavy atom. The third kappa shape index (κ3) is 3.53. The summed E-state index contributed by atoms with van der Waals surface area (Å²) < 4.78 is 5.37. The fourth-order valence-corrected chi connectivity index (χ4v) is 2.90. The van der Waals surface area contributed by atoms with Crippen molar-refractivity contribution in [1.82, 2.24) is 15.1 Å². The topological polar surface area (TPSA) is 48.7 Å². The zero-order valence-corrected chi connectivity index (χ0v) is 12.4. The molecule has 1 unspecified atom stereocenters. The summed E-state index contributed by atoms with van der Waals surface area (Å²) in [6.45, 7) is 5.24. The number of hydrogen-bond donors (Lipinski definition) is 1. The normalized spacial score (nSPS) is 23.6. The van der Waals surface area contributed by atoms with E-state index in [0.29, 0.717) is 0 Å². The molecule has 0 aliphatic carbocycles. The number of halogens is 1. The van der Waals surface area contributed by atoms with Gasteiger partial charge in [0.1, 0.15) is 5.76 Å². The summed E-state index contributed by atoms with van der Waals surface area (Å²) in [6.07, 6.45) is 3.99. The lowest BCUT2D eigenvalue weighted by Crippen LogP contribution is -2.57. The predicted octanol–water partition coefficient (Wildman–Crippen LogP) is 1.10. The standard InChI is InChI=1S/C14H21N3O2.ClH/c18-14(17-6-1-2-7-17)13-11-16(8-5-15-13)10-12-4-3-9-19-12;/h3-4,9,13,15H,1-2,5-8,10-11H2;1H. The first-order chi connectivity index (χ1) is 9.33. The van der Waals surface area contributed by atoms with Crippen molar-refractivity contribution in [1.29, 1.82) is 0 Å². The zero-order valence-electron chi connectivity index (χ0n) is 11.6. The van der Waals surface area contributed by atoms with Crippen LogP contribution in [-0.2, 0) is 11.3 Å². The van der Waals surface area contributed by atoms with Crippen LogP contribution in [0.4, 0.5) is 0 Å². The number of amides is 1. The molecule has 0 radical (unpaired) electrons. The molecule has 6 heteroatoms. The Labute approximate surface area is 125 Å². The Bertz CT molecular complexity index is 418. The highest BCUT2D eigenvalue weighted by Crippen LogP contribution is 2.13. The Balaban J connectivity index is 0.00000147. The van der Waals surface area contributed by atoms with E-state index in [1.165, 1.54) is 0 Å². The molecule has 5 nitrogen and oxygen atoms in total. The van der Waals surface area contributed by atoms with Crippen molar-refractivity contribution in [2.45, 2.75) is 25.4 Å². The second-order valence-electron chi connectivity index (χ2n) is 5.35. The van der Waals surface area contributed by atoms with E-state index in [0.717, 1.165) is 57.9 Å². The average Bonchev–Trinajstić information content (AvgIpc) is 3.11. The maximum atomic E-state index is 12.4. The van der Waals surface area contributed by atoms with E-state index in [1.807, 2.05) is 17.0 Å². The van der Waals surface area contributed by atoms with Crippen LogP contribution in [0.15, 0.2) is 22.8 Å². The second kappa shape index (κ2) is 7.11. The van der Waals surface area contributed by atoms with Gasteiger partial charge in [-0.2, -0.15) is 0 Å². The highest BCUT2D eigenvalue weighted by atomic mass is 35.5. The van der Waals surface area contributed by atoms with E-state index in [2.05, 4.69) is 10.2 Å². The van der Waals surface area contributed by atoms with Crippen LogP contribution in [0.1, 0.15) is 18.6 Å². The van der Waals surface area contributed by atoms with Crippen LogP contribution in [0.5, 0.6) is 0 Å². The van der Waals surface area contributed by atoms with Gasteiger partial charge in [0.2, 0.25) is 5.91 Å². The molecule has 1 atom stereocenters. The van der Waals surface area contributed by atoms with Gasteiger partial charge in [0, 0.05) is 32.7 Å². The molecule has 2 fully saturated rings. The van der Waals surface area contributed by atoms with Gasteiger partial charge in [-0.3, -0.25) is 9.69 Å². The number of nitrogens with zero attached hydrogens (tertiary/aromatic N) is 2. The summed E-state index contributed by atoms with van der Waals surface area (Å²) in [4.78, 5) is 16.6. The van der Waals surface area contributed by atoms with Crippen molar-refractivity contribution < 1.29 is 9.21 Å². The number of nitrogens with one attached hydrogen (secondary N) is 1. The quantitative estimate of drug-likeness (QED) is 0.908. The SMILES string of the molecule is Cl.O=C(C1CN(Cc2ccco2)CCN1)N1CCCC1. The Morgan fingerprint density at radius 1 is 1.35 bits per heavy atom. The van der Waals surface area contributed by atoms with Crippen LogP contribution >= 0.6 is 12.4 Å². The molecule has 2 aliphatic rings. The van der Waals surface area contributed by atoms with Crippen molar-refractivity contribution in [3.05, 3.63) is 24.2 Å². The second-order valence-corrected chi connectivity index (χ2v) is 5.35. The van der Waals surface area contributed by atoms with E-state index >= 15 is 0 Å². The number of furan rings is 1. The molecule has 2 aliphatic heterocycles. The van der Waals surface area contributed by atoms with E-state index in [-0.39, 0.29) is 24.4 Å². The molecule has 1 aromatic heterocycles. The minimum absolute atomic E-state index is 0. The highest BCUT2D eigenvalue weighted by molar-refractivity contribution is 5.85. The maximum absolute atomic E-state index is 12.4. The van der Waals surface area contributed by atoms with Gasteiger partial charge >= 0.3 is 0 Å². The number of carbonyl (C=O) groups is 1. The fraction of sp³-hybridized carbons (Fsp3) is 0.643. The van der Waals surface area contributed by atoms with Crippen LogP contribution in [-0.4, -0.2) is 54.5 Å². The number of hydrogen-bond acceptors (Lipinski definition) is 4. The van der Waals surface area contributed by atoms with Gasteiger partial charge in [-0.15, -0.1) is 12.4 Å². The molecular formula is C14H22ClN3O2. The first kappa shape index (κ1) is 15.4. The van der Waals surface area contributed by atoms with Crippen LogP contribution in [0.25, 0.3) is 0 Å². The van der Waals surface area contributed by atoms with E-state index in [1.54, 1.807) is 6.26 Å². The Hall–Kier alpha value is -1.04. The highest BCUT2D eigenvalue weighted by Gasteiger charge is 2.30. The van der Waals surface area contributed by atoms with E-state index < -0.39 is 0 Å². The predicted molar refractivity (Wildman–Crippen MR) is 78.8 cm³/mol. The summed E-state index contributed by atoms with van der Waals surface area (Å²) in [6, 6.07) is 3.84. The zero-order chi connectivity index (χ0) is 13.1. The summed E-state index contributed by atoms with van der Waals surface area (Å²) in [5, 5.41) is 3.34. The lowest BCUT2D eigenvalue weighted by atomic mass is 10.2. The molecule has 0 saturated carbocycles. The summed E-state index contributed by atoms with van der Waals surface area (Å²) in [7, 11) is 0. The molecule has 0 bridgehead atoms. The molecule has 0 aromatic carbocycles. The van der Waals surface area contributed by atoms with E-state index in [4.69, 9.17) is 4.42 Å². The number of rotatable bonds is 3. The fourth-order valence-electron chi connectivity index (χ4n) is 2.90. The van der Waals surface area contributed by atoms with Gasteiger partial charge in [-0.1, -0.05) is 0 Å². The minimum atomic E-state index is -0.0539. The van der Waals surface area contributed by atoms with Crippen LogP contribution in [0.3, 0.4) is 0 Å². The van der Waals surface area contributed by atoms with Crippen molar-refractivity contribution >= 4 is 18.3 Å². The van der Waals surface area contributed by atoms with Crippen molar-refractivity contribution in [3.8, 4) is 0 Å². The maximum Gasteiger partial charge on any atom is 0.241 e. The Morgan fingerprint density at radius 3 is 2.85 bits per heavy atom. The third-order valence-corrected chi connectivity index (χ3v) is 3.93. The first-order valence-corrected chi connectivity index (χ1v) is 7.10. The smallest absolute Gasteiger partial charge is 0.241 e. The molecule has 112 valence electrons. The molecule has 1 amide bonds. The summed E-state index contributed by atoms with van der Waals surface area (Å²) in [5.74, 6) is 1.23. The van der Waals surface area contributed by atoms with Gasteiger partial charge in [0.05, 0.1) is 18.8 Å². The van der Waals surface area contributed by atoms with Gasteiger partial charge in [0.25, 0.3) is 0 Å². The Kier molecular flexibility index (Phi) is 5.46. The first-order valence-electron chi connectivity index (χ1n) is 7.10. The van der Waals surface area contributed by atoms with Gasteiger partial charge in [-0.05, 0) is 25.0 Å². The van der Waals surface area contributed by atoms with Gasteiger partial charge in [0.15, 0.2) is 0 Å². The number of carbonyl (C=O) groups excluding carboxylic acids is 1. The lowest BCUT2D eigenvalue weighted by Gasteiger charge is -2.34. The van der Waals surface area contributed by atoms with Gasteiger partial charge < -0.3 is 14.6 Å². The molecule has 1 N–H and O–H groups in total. The molecule has 2 saturated heterocycles. The van der Waals surface area contributed by atoms with Gasteiger partial charge in [-0.25, -0.2) is 0 Å². The molecule has 3 heterocycles. The average molecular weight is 300 g/mol.